The first-order chi connectivity index (χ1) is 15.2. The maximum Gasteiger partial charge on any atom is 0.425 e. The topological polar surface area (TPSA) is 63.6 Å². The molecule has 0 saturated carbocycles. The number of nitrogens with one attached hydrogen (secondary N) is 1. The molecule has 1 fully saturated rings. The fraction of sp³-hybridized carbons (Fsp3) is 0.545. The third kappa shape index (κ3) is 4.30. The average molecular weight is 470 g/mol. The number of rotatable bonds is 5. The zero-order valence-electron chi connectivity index (χ0n) is 18.0. The number of ether oxygens (including phenoxy) is 1. The van der Waals surface area contributed by atoms with Crippen LogP contribution in [-0.2, 0) is 24.1 Å². The van der Waals surface area contributed by atoms with Crippen LogP contribution in [0.2, 0.25) is 0 Å². The van der Waals surface area contributed by atoms with Crippen LogP contribution in [0.1, 0.15) is 75.4 Å². The quantitative estimate of drug-likeness (QED) is 0.696. The molecule has 6 nitrogen and oxygen atoms in total. The Morgan fingerprint density at radius 2 is 2.09 bits per heavy atom. The Kier molecular flexibility index (Phi) is 6.35. The zero-order valence-corrected chi connectivity index (χ0v) is 18.8. The molecule has 2 amide bonds. The zero-order chi connectivity index (χ0) is 23.0. The van der Waals surface area contributed by atoms with Crippen molar-refractivity contribution in [3.05, 3.63) is 44.9 Å². The van der Waals surface area contributed by atoms with E-state index in [1.807, 2.05) is 16.4 Å². The van der Waals surface area contributed by atoms with Crippen molar-refractivity contribution >= 4 is 23.2 Å². The van der Waals surface area contributed by atoms with Gasteiger partial charge in [0.25, 0.3) is 11.8 Å². The Bertz CT molecular complexity index is 1010. The van der Waals surface area contributed by atoms with Crippen molar-refractivity contribution in [2.75, 3.05) is 13.2 Å². The van der Waals surface area contributed by atoms with Crippen LogP contribution < -0.4 is 5.32 Å². The number of hydrogen-bond donors (Lipinski definition) is 1. The predicted molar refractivity (Wildman–Crippen MR) is 114 cm³/mol. The minimum absolute atomic E-state index is 0.0997. The Morgan fingerprint density at radius 3 is 2.72 bits per heavy atom. The maximum atomic E-state index is 13.2. The second kappa shape index (κ2) is 8.90. The third-order valence-corrected chi connectivity index (χ3v) is 7.39. The van der Waals surface area contributed by atoms with E-state index in [1.165, 1.54) is 6.07 Å². The van der Waals surface area contributed by atoms with Gasteiger partial charge in [0.15, 0.2) is 0 Å². The van der Waals surface area contributed by atoms with E-state index in [2.05, 4.69) is 5.32 Å². The molecule has 2 aliphatic rings. The number of hydrogen-bond acceptors (Lipinski definition) is 4. The molecule has 174 valence electrons. The molecule has 4 rings (SSSR count). The van der Waals surface area contributed by atoms with Crippen LogP contribution in [0.15, 0.2) is 18.2 Å². The number of alkyl halides is 3. The van der Waals surface area contributed by atoms with E-state index >= 15 is 0 Å². The van der Waals surface area contributed by atoms with Crippen LogP contribution in [0.25, 0.3) is 0 Å². The summed E-state index contributed by atoms with van der Waals surface area (Å²) in [5, 5.41) is 2.86. The van der Waals surface area contributed by atoms with E-state index in [0.29, 0.717) is 59.3 Å². The number of fused-ring (bicyclic) bond motifs is 1. The van der Waals surface area contributed by atoms with E-state index in [9.17, 15) is 22.8 Å². The maximum absolute atomic E-state index is 13.2. The summed E-state index contributed by atoms with van der Waals surface area (Å²) in [6.07, 6.45) is -2.07. The van der Waals surface area contributed by atoms with Gasteiger partial charge in [-0.3, -0.25) is 9.59 Å². The molecule has 0 radical (unpaired) electrons. The van der Waals surface area contributed by atoms with E-state index in [-0.39, 0.29) is 18.6 Å². The van der Waals surface area contributed by atoms with Crippen LogP contribution in [0, 0.1) is 0 Å². The molecule has 0 bridgehead atoms. The molecule has 0 spiro atoms. The Morgan fingerprint density at radius 1 is 1.31 bits per heavy atom. The number of carbonyl (C=O) groups is 2. The summed E-state index contributed by atoms with van der Waals surface area (Å²) < 4.78 is 46.3. The van der Waals surface area contributed by atoms with Crippen LogP contribution in [0.3, 0.4) is 0 Å². The van der Waals surface area contributed by atoms with Gasteiger partial charge in [-0.2, -0.15) is 13.2 Å². The second-order valence-electron chi connectivity index (χ2n) is 8.22. The van der Waals surface area contributed by atoms with Gasteiger partial charge in [-0.05, 0) is 44.4 Å². The number of carbonyl (C=O) groups excluding carboxylic acids is 2. The fourth-order valence-corrected chi connectivity index (χ4v) is 5.39. The highest BCUT2D eigenvalue weighted by Crippen LogP contribution is 2.37. The number of amides is 2. The van der Waals surface area contributed by atoms with Gasteiger partial charge in [0, 0.05) is 24.0 Å². The molecule has 0 aliphatic carbocycles. The largest absolute Gasteiger partial charge is 0.425 e. The Labute approximate surface area is 188 Å². The lowest BCUT2D eigenvalue weighted by Gasteiger charge is -2.24. The third-order valence-electron chi connectivity index (χ3n) is 6.15. The lowest BCUT2D eigenvalue weighted by Crippen LogP contribution is -2.35. The normalized spacial score (nSPS) is 19.7. The molecule has 32 heavy (non-hydrogen) atoms. The summed E-state index contributed by atoms with van der Waals surface area (Å²) in [5.41, 5.74) is 1.43. The molecule has 2 atom stereocenters. The minimum Gasteiger partial charge on any atom is -0.373 e. The number of thiophene rings is 1. The first-order valence-electron chi connectivity index (χ1n) is 10.8. The number of halogens is 3. The molecular formula is C22H26F3N3O3S. The molecule has 0 aromatic carbocycles. The molecule has 2 aromatic heterocycles. The van der Waals surface area contributed by atoms with Crippen molar-refractivity contribution in [3.8, 4) is 0 Å². The molecule has 10 heteroatoms. The highest BCUT2D eigenvalue weighted by molar-refractivity contribution is 7.12. The molecular weight excluding hydrogens is 443 g/mol. The van der Waals surface area contributed by atoms with Gasteiger partial charge in [-0.25, -0.2) is 0 Å². The molecule has 4 heterocycles. The van der Waals surface area contributed by atoms with Gasteiger partial charge in [0.05, 0.1) is 30.5 Å². The van der Waals surface area contributed by atoms with E-state index < -0.39 is 23.0 Å². The Balaban J connectivity index is 1.60. The van der Waals surface area contributed by atoms with Gasteiger partial charge in [-0.1, -0.05) is 6.92 Å². The molecule has 0 unspecified atom stereocenters. The summed E-state index contributed by atoms with van der Waals surface area (Å²) in [5.74, 6) is -0.515. The predicted octanol–water partition coefficient (Wildman–Crippen LogP) is 4.60. The van der Waals surface area contributed by atoms with Crippen LogP contribution in [0.5, 0.6) is 0 Å². The van der Waals surface area contributed by atoms with Gasteiger partial charge in [-0.15, -0.1) is 11.3 Å². The van der Waals surface area contributed by atoms with Crippen molar-refractivity contribution in [3.63, 3.8) is 0 Å². The van der Waals surface area contributed by atoms with Crippen molar-refractivity contribution in [1.29, 1.82) is 0 Å². The van der Waals surface area contributed by atoms with Crippen molar-refractivity contribution in [2.24, 2.45) is 0 Å². The molecule has 2 aliphatic heterocycles. The van der Waals surface area contributed by atoms with Crippen LogP contribution in [-0.4, -0.2) is 40.5 Å². The van der Waals surface area contributed by atoms with Crippen molar-refractivity contribution < 1.29 is 27.5 Å². The van der Waals surface area contributed by atoms with Gasteiger partial charge >= 0.3 is 6.18 Å². The summed E-state index contributed by atoms with van der Waals surface area (Å²) in [7, 11) is 0. The summed E-state index contributed by atoms with van der Waals surface area (Å²) in [6.45, 7) is 5.65. The molecule has 1 saturated heterocycles. The second-order valence-corrected chi connectivity index (χ2v) is 9.33. The highest BCUT2D eigenvalue weighted by atomic mass is 32.1. The SMILES string of the molecule is CC[C@@H](NC(=O)c1cc(C(=O)N2CCC[C@@H]2C)n2c1COCC2)c1ccc(C(F)(F)F)s1. The number of likely N-dealkylation sites (tertiary alicyclic amines) is 1. The molecule has 1 N–H and O–H groups in total. The van der Waals surface area contributed by atoms with Crippen molar-refractivity contribution in [2.45, 2.75) is 64.5 Å². The standard InChI is InChI=1S/C22H26F3N3O3S/c1-3-15(18-6-7-19(32-18)22(23,24)25)26-20(29)14-11-16(28-9-10-31-12-17(14)28)21(30)27-8-4-5-13(27)2/h6-7,11,13,15H,3-5,8-10,12H2,1-2H3,(H,26,29)/t13-,15+/m0/s1. The van der Waals surface area contributed by atoms with E-state index in [0.717, 1.165) is 18.9 Å². The van der Waals surface area contributed by atoms with E-state index in [1.54, 1.807) is 13.0 Å². The van der Waals surface area contributed by atoms with Gasteiger partial charge in [0.1, 0.15) is 10.6 Å². The monoisotopic (exact) mass is 469 g/mol. The summed E-state index contributed by atoms with van der Waals surface area (Å²) >= 11 is 0.635. The lowest BCUT2D eigenvalue weighted by molar-refractivity contribution is -0.134. The van der Waals surface area contributed by atoms with Crippen LogP contribution >= 0.6 is 11.3 Å². The lowest BCUT2D eigenvalue weighted by atomic mass is 10.1. The van der Waals surface area contributed by atoms with Gasteiger partial charge in [0.2, 0.25) is 0 Å². The number of aromatic nitrogens is 1. The summed E-state index contributed by atoms with van der Waals surface area (Å²) in [6, 6.07) is 3.65. The fourth-order valence-electron chi connectivity index (χ4n) is 4.38. The first-order valence-corrected chi connectivity index (χ1v) is 11.6. The molecule has 2 aromatic rings. The summed E-state index contributed by atoms with van der Waals surface area (Å²) in [4.78, 5) is 27.9. The Hall–Kier alpha value is -2.33. The highest BCUT2D eigenvalue weighted by Gasteiger charge is 2.34. The van der Waals surface area contributed by atoms with E-state index in [4.69, 9.17) is 4.74 Å². The first kappa shape index (κ1) is 22.8. The number of nitrogens with zero attached hydrogens (tertiary/aromatic N) is 2. The van der Waals surface area contributed by atoms with Gasteiger partial charge < -0.3 is 19.5 Å². The van der Waals surface area contributed by atoms with Crippen molar-refractivity contribution in [1.82, 2.24) is 14.8 Å². The minimum atomic E-state index is -4.41. The van der Waals surface area contributed by atoms with Crippen LogP contribution in [0.4, 0.5) is 13.2 Å². The smallest absolute Gasteiger partial charge is 0.373 e. The average Bonchev–Trinajstić information content (AvgIpc) is 3.49.